The monoisotopic (exact) mass is 327 g/mol. The Morgan fingerprint density at radius 1 is 1.33 bits per heavy atom. The number of allylic oxidation sites excluding steroid dienone is 1. The van der Waals surface area contributed by atoms with Crippen LogP contribution < -0.4 is 16.2 Å². The number of aromatic nitrogens is 2. The standard InChI is InChI=1S/C17H21N5O2/c1-11(18)9-14(19)21-15-7-8-20-16(22-15)17(2,23)12-5-4-6-13(10-12)24-3/h4-10,23H,18H2,1-3H3,(H2,19,20,21,22)/b11-9-. The maximum absolute atomic E-state index is 10.9. The zero-order chi connectivity index (χ0) is 17.7. The molecule has 1 unspecified atom stereocenters. The SMILES string of the molecule is COc1cccc(C(C)(O)c2nccc(N=C(N)/C=C(/C)N)n2)c1. The molecule has 0 saturated carbocycles. The fourth-order valence-corrected chi connectivity index (χ4v) is 2.10. The van der Waals surface area contributed by atoms with Crippen molar-refractivity contribution in [3.8, 4) is 5.75 Å². The van der Waals surface area contributed by atoms with Crippen LogP contribution in [-0.2, 0) is 5.60 Å². The lowest BCUT2D eigenvalue weighted by atomic mass is 9.95. The normalized spacial score (nSPS) is 15.0. The van der Waals surface area contributed by atoms with Crippen molar-refractivity contribution in [3.05, 3.63) is 59.7 Å². The van der Waals surface area contributed by atoms with Crippen molar-refractivity contribution in [1.82, 2.24) is 9.97 Å². The van der Waals surface area contributed by atoms with E-state index in [0.29, 0.717) is 22.8 Å². The minimum atomic E-state index is -1.41. The van der Waals surface area contributed by atoms with Crippen LogP contribution in [0.5, 0.6) is 5.75 Å². The van der Waals surface area contributed by atoms with E-state index in [2.05, 4.69) is 15.0 Å². The van der Waals surface area contributed by atoms with Gasteiger partial charge in [0.25, 0.3) is 0 Å². The Bertz CT molecular complexity index is 780. The third kappa shape index (κ3) is 4.08. The van der Waals surface area contributed by atoms with Gasteiger partial charge >= 0.3 is 0 Å². The fraction of sp³-hybridized carbons (Fsp3) is 0.235. The van der Waals surface area contributed by atoms with E-state index in [0.717, 1.165) is 0 Å². The summed E-state index contributed by atoms with van der Waals surface area (Å²) in [5.74, 6) is 1.40. The Morgan fingerprint density at radius 2 is 2.08 bits per heavy atom. The number of aliphatic imine (C=N–C) groups is 1. The smallest absolute Gasteiger partial charge is 0.166 e. The molecule has 1 atom stereocenters. The van der Waals surface area contributed by atoms with Crippen molar-refractivity contribution >= 4 is 11.7 Å². The van der Waals surface area contributed by atoms with E-state index in [1.807, 2.05) is 0 Å². The van der Waals surface area contributed by atoms with E-state index in [1.54, 1.807) is 51.3 Å². The molecule has 126 valence electrons. The van der Waals surface area contributed by atoms with Crippen molar-refractivity contribution < 1.29 is 9.84 Å². The number of amidine groups is 1. The molecular formula is C17H21N5O2. The molecule has 0 saturated heterocycles. The maximum Gasteiger partial charge on any atom is 0.166 e. The van der Waals surface area contributed by atoms with Crippen LogP contribution in [0.2, 0.25) is 0 Å². The largest absolute Gasteiger partial charge is 0.497 e. The topological polar surface area (TPSA) is 120 Å². The van der Waals surface area contributed by atoms with Gasteiger partial charge in [0.1, 0.15) is 17.2 Å². The second-order valence-electron chi connectivity index (χ2n) is 5.47. The molecule has 1 aromatic heterocycles. The fourth-order valence-electron chi connectivity index (χ4n) is 2.10. The van der Waals surface area contributed by atoms with Crippen LogP contribution in [0.3, 0.4) is 0 Å². The van der Waals surface area contributed by atoms with E-state index in [1.165, 1.54) is 12.3 Å². The minimum absolute atomic E-state index is 0.207. The highest BCUT2D eigenvalue weighted by Crippen LogP contribution is 2.29. The van der Waals surface area contributed by atoms with Gasteiger partial charge in [-0.3, -0.25) is 0 Å². The molecule has 0 aliphatic carbocycles. The van der Waals surface area contributed by atoms with Crippen LogP contribution in [0.25, 0.3) is 0 Å². The number of ether oxygens (including phenoxy) is 1. The van der Waals surface area contributed by atoms with Crippen molar-refractivity contribution in [1.29, 1.82) is 0 Å². The maximum atomic E-state index is 10.9. The average Bonchev–Trinajstić information content (AvgIpc) is 2.54. The summed E-state index contributed by atoms with van der Waals surface area (Å²) in [7, 11) is 1.56. The molecule has 0 fully saturated rings. The third-order valence-corrected chi connectivity index (χ3v) is 3.33. The molecule has 0 bridgehead atoms. The molecule has 7 nitrogen and oxygen atoms in total. The van der Waals surface area contributed by atoms with Crippen LogP contribution in [0, 0.1) is 0 Å². The molecular weight excluding hydrogens is 306 g/mol. The summed E-state index contributed by atoms with van der Waals surface area (Å²) in [5, 5.41) is 10.9. The number of hydrogen-bond acceptors (Lipinski definition) is 6. The summed E-state index contributed by atoms with van der Waals surface area (Å²) in [6.07, 6.45) is 3.05. The van der Waals surface area contributed by atoms with E-state index < -0.39 is 5.60 Å². The van der Waals surface area contributed by atoms with Crippen LogP contribution >= 0.6 is 0 Å². The molecule has 2 rings (SSSR count). The van der Waals surface area contributed by atoms with E-state index in [4.69, 9.17) is 16.2 Å². The van der Waals surface area contributed by atoms with Gasteiger partial charge < -0.3 is 21.3 Å². The first kappa shape index (κ1) is 17.4. The number of hydrogen-bond donors (Lipinski definition) is 3. The number of nitrogens with zero attached hydrogens (tertiary/aromatic N) is 3. The van der Waals surface area contributed by atoms with Gasteiger partial charge in [-0.1, -0.05) is 12.1 Å². The number of aliphatic hydroxyl groups is 1. The molecule has 0 radical (unpaired) electrons. The Hall–Kier alpha value is -2.93. The van der Waals surface area contributed by atoms with E-state index in [-0.39, 0.29) is 11.7 Å². The second kappa shape index (κ2) is 7.10. The average molecular weight is 327 g/mol. The molecule has 0 aliphatic heterocycles. The predicted molar refractivity (Wildman–Crippen MR) is 92.9 cm³/mol. The quantitative estimate of drug-likeness (QED) is 0.566. The lowest BCUT2D eigenvalue weighted by molar-refractivity contribution is 0.0920. The van der Waals surface area contributed by atoms with Crippen LogP contribution in [-0.4, -0.2) is 28.0 Å². The van der Waals surface area contributed by atoms with Gasteiger partial charge in [0.15, 0.2) is 11.6 Å². The number of methoxy groups -OCH3 is 1. The predicted octanol–water partition coefficient (Wildman–Crippen LogP) is 1.59. The Balaban J connectivity index is 2.41. The van der Waals surface area contributed by atoms with E-state index in [9.17, 15) is 5.11 Å². The Kier molecular flexibility index (Phi) is 5.15. The summed E-state index contributed by atoms with van der Waals surface area (Å²) in [4.78, 5) is 12.6. The molecule has 0 aliphatic rings. The summed E-state index contributed by atoms with van der Waals surface area (Å²) in [6.45, 7) is 3.32. The zero-order valence-corrected chi connectivity index (χ0v) is 13.9. The molecule has 0 spiro atoms. The van der Waals surface area contributed by atoms with Crippen molar-refractivity contribution in [2.75, 3.05) is 7.11 Å². The zero-order valence-electron chi connectivity index (χ0n) is 13.9. The molecule has 0 amide bonds. The summed E-state index contributed by atoms with van der Waals surface area (Å²) in [6, 6.07) is 8.68. The summed E-state index contributed by atoms with van der Waals surface area (Å²) >= 11 is 0. The molecule has 24 heavy (non-hydrogen) atoms. The van der Waals surface area contributed by atoms with Gasteiger partial charge in [-0.05, 0) is 37.6 Å². The van der Waals surface area contributed by atoms with Gasteiger partial charge in [0, 0.05) is 18.0 Å². The number of rotatable bonds is 5. The number of benzene rings is 1. The second-order valence-corrected chi connectivity index (χ2v) is 5.47. The minimum Gasteiger partial charge on any atom is -0.497 e. The first-order valence-electron chi connectivity index (χ1n) is 7.31. The van der Waals surface area contributed by atoms with Gasteiger partial charge in [-0.2, -0.15) is 0 Å². The lowest BCUT2D eigenvalue weighted by Crippen LogP contribution is -2.25. The summed E-state index contributed by atoms with van der Waals surface area (Å²) < 4.78 is 5.19. The Morgan fingerprint density at radius 3 is 2.75 bits per heavy atom. The Labute approximate surface area is 140 Å². The highest BCUT2D eigenvalue weighted by atomic mass is 16.5. The van der Waals surface area contributed by atoms with Gasteiger partial charge in [-0.15, -0.1) is 0 Å². The molecule has 2 aromatic rings. The molecule has 7 heteroatoms. The van der Waals surface area contributed by atoms with Crippen molar-refractivity contribution in [2.24, 2.45) is 16.5 Å². The van der Waals surface area contributed by atoms with Crippen LogP contribution in [0.15, 0.2) is 53.3 Å². The van der Waals surface area contributed by atoms with E-state index >= 15 is 0 Å². The highest BCUT2D eigenvalue weighted by molar-refractivity contribution is 5.93. The first-order valence-corrected chi connectivity index (χ1v) is 7.31. The van der Waals surface area contributed by atoms with Crippen molar-refractivity contribution in [3.63, 3.8) is 0 Å². The molecule has 1 heterocycles. The first-order chi connectivity index (χ1) is 11.3. The van der Waals surface area contributed by atoms with Crippen LogP contribution in [0.1, 0.15) is 25.2 Å². The van der Waals surface area contributed by atoms with Gasteiger partial charge in [0.05, 0.1) is 7.11 Å². The molecule has 5 N–H and O–H groups in total. The van der Waals surface area contributed by atoms with Gasteiger partial charge in [-0.25, -0.2) is 15.0 Å². The van der Waals surface area contributed by atoms with Crippen LogP contribution in [0.4, 0.5) is 5.82 Å². The van der Waals surface area contributed by atoms with Gasteiger partial charge in [0.2, 0.25) is 0 Å². The molecule has 1 aromatic carbocycles. The third-order valence-electron chi connectivity index (χ3n) is 3.33. The number of nitrogens with two attached hydrogens (primary N) is 2. The van der Waals surface area contributed by atoms with Crippen molar-refractivity contribution in [2.45, 2.75) is 19.4 Å². The lowest BCUT2D eigenvalue weighted by Gasteiger charge is -2.22. The highest BCUT2D eigenvalue weighted by Gasteiger charge is 2.29. The summed E-state index contributed by atoms with van der Waals surface area (Å²) in [5.41, 5.74) is 11.1.